The van der Waals surface area contributed by atoms with Crippen LogP contribution in [0.1, 0.15) is 96.8 Å². The van der Waals surface area contributed by atoms with Gasteiger partial charge in [-0.3, -0.25) is 19.2 Å². The lowest BCUT2D eigenvalue weighted by molar-refractivity contribution is 0.101. The van der Waals surface area contributed by atoms with Crippen LogP contribution in [0, 0.1) is 0 Å². The Kier molecular flexibility index (Phi) is 19.1. The number of anilines is 4. The van der Waals surface area contributed by atoms with Crippen LogP contribution in [-0.2, 0) is 0 Å². The molecule has 0 aromatic heterocycles. The van der Waals surface area contributed by atoms with Gasteiger partial charge in [0.15, 0.2) is 0 Å². The number of rotatable bonds is 4. The first-order valence-corrected chi connectivity index (χ1v) is 17.2. The van der Waals surface area contributed by atoms with Crippen LogP contribution >= 0.6 is 0 Å². The third kappa shape index (κ3) is 10.0. The van der Waals surface area contributed by atoms with Crippen molar-refractivity contribution in [2.45, 2.75) is 55.4 Å². The second-order valence-electron chi connectivity index (χ2n) is 9.35. The molecule has 0 saturated carbocycles. The molecule has 52 heavy (non-hydrogen) atoms. The number of hydrogen-bond donors (Lipinski definition) is 4. The predicted molar refractivity (Wildman–Crippen MR) is 209 cm³/mol. The number of para-hydroxylation sites is 4. The van der Waals surface area contributed by atoms with E-state index in [0.29, 0.717) is 0 Å². The summed E-state index contributed by atoms with van der Waals surface area (Å²) < 4.78 is 21.9. The number of benzene rings is 4. The zero-order chi connectivity index (χ0) is 39.4. The molecule has 4 aromatic carbocycles. The predicted octanol–water partition coefficient (Wildman–Crippen LogP) is 9.15. The maximum atomic E-state index is 13.8. The van der Waals surface area contributed by atoms with Crippen molar-refractivity contribution in [3.8, 4) is 23.0 Å². The third-order valence-electron chi connectivity index (χ3n) is 6.92. The Balaban J connectivity index is 0.00000158. The van der Waals surface area contributed by atoms with Crippen molar-refractivity contribution in [3.63, 3.8) is 0 Å². The second kappa shape index (κ2) is 22.6. The van der Waals surface area contributed by atoms with Crippen molar-refractivity contribution in [1.82, 2.24) is 0 Å². The van der Waals surface area contributed by atoms with Gasteiger partial charge in [-0.25, -0.2) is 0 Å². The summed E-state index contributed by atoms with van der Waals surface area (Å²) in [4.78, 5) is 55.2. The lowest BCUT2D eigenvalue weighted by Crippen LogP contribution is -2.24. The third-order valence-corrected chi connectivity index (χ3v) is 6.92. The maximum absolute atomic E-state index is 13.8. The number of carbonyl (C=O) groups is 4. The standard InChI is InChI=1S/C32H28N4O8.4C2H6/c1-41-21-13-5-9-17-25(21)33-30(38)18-10-6-14-22(42-2)26(18)35-32(40)20-12-8-16-24(44-4)28(20)36-31(39)19-11-7-15-23(43-3)27(19)34-29(17)37;4*1-2/h5-16H,1-4H3,(H,33,38)(H,34,37)(H,35,40)(H,36,39);4*1-2H3. The maximum Gasteiger partial charge on any atom is 0.258 e. The van der Waals surface area contributed by atoms with Crippen LogP contribution < -0.4 is 40.2 Å². The second-order valence-corrected chi connectivity index (χ2v) is 9.35. The van der Waals surface area contributed by atoms with Crippen molar-refractivity contribution in [2.24, 2.45) is 0 Å². The van der Waals surface area contributed by atoms with Crippen molar-refractivity contribution in [3.05, 3.63) is 95.1 Å². The van der Waals surface area contributed by atoms with E-state index in [9.17, 15) is 19.2 Å². The van der Waals surface area contributed by atoms with Gasteiger partial charge in [0.2, 0.25) is 0 Å². The molecule has 0 saturated heterocycles. The Hall–Kier alpha value is -6.04. The van der Waals surface area contributed by atoms with Crippen LogP contribution in [0.15, 0.2) is 72.8 Å². The first kappa shape index (κ1) is 44.0. The number of amides is 4. The molecular weight excluding hydrogens is 664 g/mol. The molecular formula is C40H52N4O8. The number of hydrogen-bond acceptors (Lipinski definition) is 8. The van der Waals surface area contributed by atoms with E-state index in [1.807, 2.05) is 55.4 Å². The molecule has 280 valence electrons. The first-order chi connectivity index (χ1) is 25.3. The smallest absolute Gasteiger partial charge is 0.258 e. The van der Waals surface area contributed by atoms with E-state index in [2.05, 4.69) is 21.3 Å². The van der Waals surface area contributed by atoms with Gasteiger partial charge in [-0.05, 0) is 48.5 Å². The van der Waals surface area contributed by atoms with Gasteiger partial charge in [0.05, 0.1) is 73.4 Å². The fourth-order valence-electron chi connectivity index (χ4n) is 4.80. The Bertz CT molecular complexity index is 1540. The molecule has 5 rings (SSSR count). The molecule has 4 N–H and O–H groups in total. The van der Waals surface area contributed by atoms with E-state index in [1.165, 1.54) is 52.7 Å². The van der Waals surface area contributed by atoms with Crippen LogP contribution in [0.25, 0.3) is 0 Å². The summed E-state index contributed by atoms with van der Waals surface area (Å²) in [6.07, 6.45) is 0. The van der Waals surface area contributed by atoms with Gasteiger partial charge in [0, 0.05) is 0 Å². The fourth-order valence-corrected chi connectivity index (χ4v) is 4.80. The number of methoxy groups -OCH3 is 4. The lowest BCUT2D eigenvalue weighted by atomic mass is 10.1. The van der Waals surface area contributed by atoms with Crippen molar-refractivity contribution in [1.29, 1.82) is 0 Å². The van der Waals surface area contributed by atoms with E-state index in [1.54, 1.807) is 48.5 Å². The quantitative estimate of drug-likeness (QED) is 0.163. The largest absolute Gasteiger partial charge is 0.495 e. The molecule has 1 aliphatic heterocycles. The van der Waals surface area contributed by atoms with E-state index < -0.39 is 23.6 Å². The minimum Gasteiger partial charge on any atom is -0.495 e. The average molecular weight is 717 g/mol. The summed E-state index contributed by atoms with van der Waals surface area (Å²) in [6, 6.07) is 18.6. The highest BCUT2D eigenvalue weighted by molar-refractivity contribution is 6.21. The summed E-state index contributed by atoms with van der Waals surface area (Å²) in [5.74, 6) is -1.88. The Morgan fingerprint density at radius 3 is 0.654 bits per heavy atom. The zero-order valence-electron chi connectivity index (χ0n) is 32.2. The van der Waals surface area contributed by atoms with Crippen molar-refractivity contribution in [2.75, 3.05) is 49.7 Å². The average Bonchev–Trinajstić information content (AvgIpc) is 3.20. The van der Waals surface area contributed by atoms with Crippen molar-refractivity contribution >= 4 is 46.4 Å². The number of fused-ring (bicyclic) bond motifs is 4. The SMILES string of the molecule is CC.CC.CC.CC.COc1cccc2c1NC(=O)c1cccc(OC)c1NC(=O)c1cccc(OC)c1NC(=O)c1cccc(OC)c1NC2=O. The van der Waals surface area contributed by atoms with Gasteiger partial charge >= 0.3 is 0 Å². The Morgan fingerprint density at radius 1 is 0.327 bits per heavy atom. The molecule has 4 amide bonds. The van der Waals surface area contributed by atoms with Gasteiger partial charge < -0.3 is 40.2 Å². The highest BCUT2D eigenvalue weighted by atomic mass is 16.5. The van der Waals surface area contributed by atoms with E-state index in [-0.39, 0.29) is 68.0 Å². The minimum absolute atomic E-state index is 0.0301. The molecule has 0 fully saturated rings. The molecule has 0 aliphatic carbocycles. The molecule has 0 unspecified atom stereocenters. The summed E-state index contributed by atoms with van der Waals surface area (Å²) >= 11 is 0. The van der Waals surface area contributed by atoms with E-state index in [0.717, 1.165) is 0 Å². The van der Waals surface area contributed by atoms with Gasteiger partial charge in [-0.2, -0.15) is 0 Å². The number of nitrogens with one attached hydrogen (secondary N) is 4. The molecule has 12 heteroatoms. The van der Waals surface area contributed by atoms with Crippen LogP contribution in [-0.4, -0.2) is 52.1 Å². The summed E-state index contributed by atoms with van der Waals surface area (Å²) in [5, 5.41) is 11.0. The van der Waals surface area contributed by atoms with Crippen LogP contribution in [0.2, 0.25) is 0 Å². The molecule has 12 nitrogen and oxygen atoms in total. The van der Waals surface area contributed by atoms with Crippen LogP contribution in [0.5, 0.6) is 23.0 Å². The normalized spacial score (nSPS) is 11.5. The molecule has 4 aromatic rings. The zero-order valence-corrected chi connectivity index (χ0v) is 32.2. The number of ether oxygens (including phenoxy) is 4. The molecule has 0 bridgehead atoms. The van der Waals surface area contributed by atoms with Crippen molar-refractivity contribution < 1.29 is 38.1 Å². The van der Waals surface area contributed by atoms with Gasteiger partial charge in [-0.1, -0.05) is 79.7 Å². The number of carbonyl (C=O) groups excluding carboxylic acids is 4. The van der Waals surface area contributed by atoms with E-state index >= 15 is 0 Å². The lowest BCUT2D eigenvalue weighted by Gasteiger charge is -2.21. The Labute approximate surface area is 307 Å². The molecule has 0 spiro atoms. The molecule has 1 aliphatic rings. The topological polar surface area (TPSA) is 153 Å². The highest BCUT2D eigenvalue weighted by Gasteiger charge is 2.27. The molecule has 0 radical (unpaired) electrons. The van der Waals surface area contributed by atoms with E-state index in [4.69, 9.17) is 18.9 Å². The van der Waals surface area contributed by atoms with Crippen LogP contribution in [0.3, 0.4) is 0 Å². The Morgan fingerprint density at radius 2 is 0.500 bits per heavy atom. The molecule has 1 heterocycles. The van der Waals surface area contributed by atoms with Gasteiger partial charge in [0.25, 0.3) is 23.6 Å². The van der Waals surface area contributed by atoms with Gasteiger partial charge in [-0.15, -0.1) is 0 Å². The summed E-state index contributed by atoms with van der Waals surface area (Å²) in [7, 11) is 5.57. The summed E-state index contributed by atoms with van der Waals surface area (Å²) in [6.45, 7) is 16.0. The van der Waals surface area contributed by atoms with Gasteiger partial charge in [0.1, 0.15) is 23.0 Å². The monoisotopic (exact) mass is 716 g/mol. The summed E-state index contributed by atoms with van der Waals surface area (Å²) in [5.41, 5.74) is 0.345. The molecule has 0 atom stereocenters. The first-order valence-electron chi connectivity index (χ1n) is 17.2. The minimum atomic E-state index is -0.665. The fraction of sp³-hybridized carbons (Fsp3) is 0.300. The highest BCUT2D eigenvalue weighted by Crippen LogP contribution is 2.37. The van der Waals surface area contributed by atoms with Crippen LogP contribution in [0.4, 0.5) is 22.7 Å².